The molecule has 12 nitrogen and oxygen atoms in total. The van der Waals surface area contributed by atoms with E-state index in [9.17, 15) is 29.1 Å². The number of hydrogen-bond acceptors (Lipinski definition) is 7. The van der Waals surface area contributed by atoms with E-state index in [2.05, 4.69) is 20.9 Å². The van der Waals surface area contributed by atoms with Crippen LogP contribution in [0.5, 0.6) is 0 Å². The summed E-state index contributed by atoms with van der Waals surface area (Å²) in [6.07, 6.45) is 3.95. The number of fused-ring (bicyclic) bond motifs is 1. The molecular formula is C27H40N6O6S. The molecule has 40 heavy (non-hydrogen) atoms. The molecule has 0 fully saturated rings. The van der Waals surface area contributed by atoms with Crippen molar-refractivity contribution in [2.75, 3.05) is 12.0 Å². The number of carbonyl (C=O) groups excluding carboxylic acids is 4. The van der Waals surface area contributed by atoms with E-state index in [1.807, 2.05) is 44.4 Å². The van der Waals surface area contributed by atoms with Gasteiger partial charge in [0.1, 0.15) is 18.1 Å². The highest BCUT2D eigenvalue weighted by atomic mass is 32.2. The van der Waals surface area contributed by atoms with Gasteiger partial charge in [-0.25, -0.2) is 4.79 Å². The molecule has 220 valence electrons. The Morgan fingerprint density at radius 2 is 1.57 bits per heavy atom. The maximum Gasteiger partial charge on any atom is 0.326 e. The first kappa shape index (κ1) is 32.6. The number of carboxylic acid groups (broad SMARTS) is 1. The number of carbonyl (C=O) groups is 5. The fourth-order valence-corrected chi connectivity index (χ4v) is 4.68. The number of thioether (sulfide) groups is 1. The van der Waals surface area contributed by atoms with Crippen LogP contribution in [0.25, 0.3) is 10.9 Å². The number of aliphatic carboxylic acids is 1. The topological polar surface area (TPSA) is 209 Å². The Hall–Kier alpha value is -3.58. The number of aromatic nitrogens is 1. The van der Waals surface area contributed by atoms with E-state index in [-0.39, 0.29) is 38.0 Å². The third kappa shape index (κ3) is 10.2. The summed E-state index contributed by atoms with van der Waals surface area (Å²) in [6, 6.07) is 3.21. The molecule has 2 rings (SSSR count). The zero-order valence-electron chi connectivity index (χ0n) is 23.1. The van der Waals surface area contributed by atoms with Crippen LogP contribution >= 0.6 is 11.8 Å². The van der Waals surface area contributed by atoms with E-state index in [1.54, 1.807) is 6.20 Å². The summed E-state index contributed by atoms with van der Waals surface area (Å²) in [7, 11) is 0. The number of H-pyrrole nitrogens is 1. The predicted octanol–water partition coefficient (Wildman–Crippen LogP) is 0.641. The van der Waals surface area contributed by atoms with Gasteiger partial charge in [0.25, 0.3) is 0 Å². The van der Waals surface area contributed by atoms with Crippen LogP contribution in [-0.4, -0.2) is 75.9 Å². The van der Waals surface area contributed by atoms with Crippen LogP contribution in [0.1, 0.15) is 45.1 Å². The lowest BCUT2D eigenvalue weighted by Gasteiger charge is -2.26. The average molecular weight is 577 g/mol. The van der Waals surface area contributed by atoms with Crippen molar-refractivity contribution in [2.45, 2.75) is 70.1 Å². The summed E-state index contributed by atoms with van der Waals surface area (Å²) < 4.78 is 0. The maximum absolute atomic E-state index is 13.3. The van der Waals surface area contributed by atoms with Crippen LogP contribution in [0.3, 0.4) is 0 Å². The fourth-order valence-electron chi connectivity index (χ4n) is 4.20. The molecule has 1 aromatic heterocycles. The second kappa shape index (κ2) is 15.9. The predicted molar refractivity (Wildman–Crippen MR) is 154 cm³/mol. The van der Waals surface area contributed by atoms with E-state index in [0.29, 0.717) is 5.75 Å². The Morgan fingerprint density at radius 1 is 0.950 bits per heavy atom. The zero-order chi connectivity index (χ0) is 29.8. The van der Waals surface area contributed by atoms with Crippen molar-refractivity contribution in [3.05, 3.63) is 36.0 Å². The van der Waals surface area contributed by atoms with Gasteiger partial charge in [0.15, 0.2) is 0 Å². The quantitative estimate of drug-likeness (QED) is 0.142. The van der Waals surface area contributed by atoms with Gasteiger partial charge in [0, 0.05) is 23.5 Å². The lowest BCUT2D eigenvalue weighted by atomic mass is 10.0. The van der Waals surface area contributed by atoms with E-state index >= 15 is 0 Å². The molecule has 0 spiro atoms. The minimum absolute atomic E-state index is 0.0196. The number of nitrogens with two attached hydrogens (primary N) is 2. The van der Waals surface area contributed by atoms with E-state index in [0.717, 1.165) is 16.5 Å². The van der Waals surface area contributed by atoms with Gasteiger partial charge in [-0.3, -0.25) is 19.2 Å². The third-order valence-corrected chi connectivity index (χ3v) is 6.97. The minimum Gasteiger partial charge on any atom is -0.480 e. The highest BCUT2D eigenvalue weighted by molar-refractivity contribution is 7.98. The first-order valence-corrected chi connectivity index (χ1v) is 14.5. The van der Waals surface area contributed by atoms with Crippen LogP contribution < -0.4 is 27.4 Å². The van der Waals surface area contributed by atoms with Gasteiger partial charge in [0.05, 0.1) is 6.04 Å². The van der Waals surface area contributed by atoms with Gasteiger partial charge in [-0.15, -0.1) is 0 Å². The molecule has 4 amide bonds. The highest BCUT2D eigenvalue weighted by Crippen LogP contribution is 2.19. The highest BCUT2D eigenvalue weighted by Gasteiger charge is 2.31. The standard InChI is InChI=1S/C27H40N6O6S/c1-15(2)12-22(26(37)32-21(27(38)39)10-11-40-3)33-25(36)20(8-9-23(29)34)31-24(35)18(28)13-16-14-30-19-7-5-4-6-17(16)19/h4-7,14-15,18,20-22,30H,8-13,28H2,1-3H3,(H2,29,34)(H,31,35)(H,32,37)(H,33,36)(H,38,39). The number of aromatic amines is 1. The van der Waals surface area contributed by atoms with Crippen molar-refractivity contribution in [1.29, 1.82) is 0 Å². The summed E-state index contributed by atoms with van der Waals surface area (Å²) >= 11 is 1.45. The number of carboxylic acids is 1. The van der Waals surface area contributed by atoms with E-state index in [4.69, 9.17) is 11.5 Å². The number of primary amides is 1. The molecule has 0 bridgehead atoms. The molecule has 13 heteroatoms. The van der Waals surface area contributed by atoms with Crippen LogP contribution in [0.2, 0.25) is 0 Å². The molecule has 0 aliphatic heterocycles. The van der Waals surface area contributed by atoms with Crippen molar-refractivity contribution in [1.82, 2.24) is 20.9 Å². The first-order chi connectivity index (χ1) is 18.9. The molecule has 2 aromatic rings. The van der Waals surface area contributed by atoms with Crippen molar-refractivity contribution < 1.29 is 29.1 Å². The molecule has 0 aliphatic carbocycles. The number of hydrogen-bond donors (Lipinski definition) is 7. The molecule has 4 unspecified atom stereocenters. The van der Waals surface area contributed by atoms with Crippen molar-refractivity contribution in [2.24, 2.45) is 17.4 Å². The summed E-state index contributed by atoms with van der Waals surface area (Å²) in [5.41, 5.74) is 13.2. The van der Waals surface area contributed by atoms with Crippen molar-refractivity contribution in [3.63, 3.8) is 0 Å². The Bertz CT molecular complexity index is 1190. The average Bonchev–Trinajstić information content (AvgIpc) is 3.30. The van der Waals surface area contributed by atoms with Crippen LogP contribution in [0.4, 0.5) is 0 Å². The monoisotopic (exact) mass is 576 g/mol. The third-order valence-electron chi connectivity index (χ3n) is 6.33. The molecule has 1 heterocycles. The van der Waals surface area contributed by atoms with Gasteiger partial charge < -0.3 is 37.5 Å². The zero-order valence-corrected chi connectivity index (χ0v) is 23.9. The lowest BCUT2D eigenvalue weighted by Crippen LogP contribution is -2.57. The second-order valence-corrected chi connectivity index (χ2v) is 11.1. The summed E-state index contributed by atoms with van der Waals surface area (Å²) in [6.45, 7) is 3.70. The van der Waals surface area contributed by atoms with Crippen molar-refractivity contribution >= 4 is 52.3 Å². The maximum atomic E-state index is 13.3. The van der Waals surface area contributed by atoms with Crippen LogP contribution in [0, 0.1) is 5.92 Å². The lowest BCUT2D eigenvalue weighted by molar-refractivity contribution is -0.142. The molecule has 0 saturated carbocycles. The molecule has 4 atom stereocenters. The SMILES string of the molecule is CSCCC(NC(=O)C(CC(C)C)NC(=O)C(CCC(N)=O)NC(=O)C(N)Cc1c[nH]c2ccccc12)C(=O)O. The van der Waals surface area contributed by atoms with Gasteiger partial charge in [0.2, 0.25) is 23.6 Å². The Balaban J connectivity index is 2.14. The minimum atomic E-state index is -1.19. The second-order valence-electron chi connectivity index (χ2n) is 10.1. The van der Waals surface area contributed by atoms with Gasteiger partial charge in [-0.1, -0.05) is 32.0 Å². The van der Waals surface area contributed by atoms with Crippen LogP contribution in [0.15, 0.2) is 30.5 Å². The van der Waals surface area contributed by atoms with E-state index < -0.39 is 53.8 Å². The molecular weight excluding hydrogens is 536 g/mol. The number of para-hydroxylation sites is 1. The van der Waals surface area contributed by atoms with E-state index in [1.165, 1.54) is 11.8 Å². The largest absolute Gasteiger partial charge is 0.480 e. The Morgan fingerprint density at radius 3 is 2.20 bits per heavy atom. The summed E-state index contributed by atoms with van der Waals surface area (Å²) in [5.74, 6) is -3.29. The number of rotatable bonds is 17. The summed E-state index contributed by atoms with van der Waals surface area (Å²) in [5, 5.41) is 18.1. The van der Waals surface area contributed by atoms with Crippen LogP contribution in [-0.2, 0) is 30.4 Å². The van der Waals surface area contributed by atoms with Gasteiger partial charge >= 0.3 is 5.97 Å². The molecule has 0 radical (unpaired) electrons. The normalized spacial score (nSPS) is 14.2. The molecule has 0 saturated heterocycles. The first-order valence-electron chi connectivity index (χ1n) is 13.1. The fraction of sp³-hybridized carbons (Fsp3) is 0.519. The number of nitrogens with one attached hydrogen (secondary N) is 4. The van der Waals surface area contributed by atoms with Crippen molar-refractivity contribution in [3.8, 4) is 0 Å². The molecule has 0 aliphatic rings. The Labute approximate surface area is 237 Å². The number of benzene rings is 1. The summed E-state index contributed by atoms with van der Waals surface area (Å²) in [4.78, 5) is 65.5. The Kier molecular flexibility index (Phi) is 12.9. The van der Waals surface area contributed by atoms with Gasteiger partial charge in [-0.2, -0.15) is 11.8 Å². The molecule has 1 aromatic carbocycles. The molecule has 9 N–H and O–H groups in total. The smallest absolute Gasteiger partial charge is 0.326 e. The number of amides is 4. The van der Waals surface area contributed by atoms with Gasteiger partial charge in [-0.05, 0) is 55.2 Å².